The Bertz CT molecular complexity index is 753. The van der Waals surface area contributed by atoms with Crippen molar-refractivity contribution in [2.45, 2.75) is 29.1 Å². The normalized spacial score (nSPS) is 14.3. The third-order valence-corrected chi connectivity index (χ3v) is 4.10. The van der Waals surface area contributed by atoms with E-state index in [1.165, 1.54) is 11.8 Å². The number of aromatic nitrogens is 6. The molecule has 0 unspecified atom stereocenters. The van der Waals surface area contributed by atoms with E-state index >= 15 is 0 Å². The van der Waals surface area contributed by atoms with Gasteiger partial charge in [-0.1, -0.05) is 30.3 Å². The summed E-state index contributed by atoms with van der Waals surface area (Å²) in [5.74, 6) is 0.714. The minimum atomic E-state index is 0.456. The number of hydrogen-bond acceptors (Lipinski definition) is 6. The first-order valence-corrected chi connectivity index (χ1v) is 7.56. The Hall–Kier alpha value is -2.28. The number of benzene rings is 1. The van der Waals surface area contributed by atoms with E-state index in [9.17, 15) is 0 Å². The van der Waals surface area contributed by atoms with Gasteiger partial charge < -0.3 is 0 Å². The number of tetrazole rings is 1. The third kappa shape index (κ3) is 2.64. The zero-order valence-corrected chi connectivity index (χ0v) is 11.9. The molecule has 0 amide bonds. The molecule has 0 spiro atoms. The topological polar surface area (TPSA) is 69.4 Å². The molecule has 1 fully saturated rings. The molecule has 0 radical (unpaired) electrons. The molecule has 2 aromatic heterocycles. The van der Waals surface area contributed by atoms with Crippen molar-refractivity contribution >= 4 is 11.8 Å². The fourth-order valence-electron chi connectivity index (χ4n) is 2.02. The summed E-state index contributed by atoms with van der Waals surface area (Å²) in [7, 11) is 0. The summed E-state index contributed by atoms with van der Waals surface area (Å²) in [5.41, 5.74) is 1.00. The molecule has 3 aromatic rings. The van der Waals surface area contributed by atoms with Crippen molar-refractivity contribution in [1.82, 2.24) is 30.2 Å². The number of rotatable bonds is 4. The summed E-state index contributed by atoms with van der Waals surface area (Å²) in [6.07, 6.45) is 4.07. The Morgan fingerprint density at radius 2 is 1.95 bits per heavy atom. The molecular weight excluding hydrogens is 284 g/mol. The second-order valence-corrected chi connectivity index (χ2v) is 5.81. The van der Waals surface area contributed by atoms with E-state index in [0.717, 1.165) is 28.6 Å². The second-order valence-electron chi connectivity index (χ2n) is 4.82. The average Bonchev–Trinajstić information content (AvgIpc) is 3.29. The van der Waals surface area contributed by atoms with Crippen LogP contribution in [0.2, 0.25) is 0 Å². The smallest absolute Gasteiger partial charge is 0.215 e. The molecule has 4 rings (SSSR count). The Kier molecular flexibility index (Phi) is 3.11. The lowest BCUT2D eigenvalue weighted by Crippen LogP contribution is -1.99. The highest BCUT2D eigenvalue weighted by Gasteiger charge is 2.28. The molecule has 6 nitrogen and oxygen atoms in total. The fourth-order valence-corrected chi connectivity index (χ4v) is 2.82. The lowest BCUT2D eigenvalue weighted by atomic mass is 10.2. The quantitative estimate of drug-likeness (QED) is 0.689. The Labute approximate surface area is 125 Å². The first-order chi connectivity index (χ1) is 10.4. The fraction of sp³-hybridized carbons (Fsp3) is 0.214. The van der Waals surface area contributed by atoms with Crippen molar-refractivity contribution in [2.24, 2.45) is 0 Å². The highest BCUT2D eigenvalue weighted by atomic mass is 32.2. The standard InChI is InChI=1S/C14H12N6S/c1-2-4-10(5-3-1)13-15-9-8-12(16-13)21-14-17-18-19-20(14)11-6-7-11/h1-5,8-9,11H,6-7H2. The first kappa shape index (κ1) is 12.5. The maximum atomic E-state index is 4.58. The van der Waals surface area contributed by atoms with Gasteiger partial charge in [-0.2, -0.15) is 0 Å². The van der Waals surface area contributed by atoms with Crippen molar-refractivity contribution in [3.05, 3.63) is 42.6 Å². The van der Waals surface area contributed by atoms with Crippen LogP contribution in [0.4, 0.5) is 0 Å². The molecule has 7 heteroatoms. The van der Waals surface area contributed by atoms with E-state index in [4.69, 9.17) is 0 Å². The van der Waals surface area contributed by atoms with Gasteiger partial charge in [0.25, 0.3) is 0 Å². The first-order valence-electron chi connectivity index (χ1n) is 6.74. The summed E-state index contributed by atoms with van der Waals surface area (Å²) in [4.78, 5) is 8.91. The van der Waals surface area contributed by atoms with Gasteiger partial charge in [0.1, 0.15) is 5.03 Å². The number of hydrogen-bond donors (Lipinski definition) is 0. The predicted octanol–water partition coefficient (Wildman–Crippen LogP) is 2.62. The van der Waals surface area contributed by atoms with Gasteiger partial charge >= 0.3 is 0 Å². The van der Waals surface area contributed by atoms with Crippen LogP contribution in [-0.2, 0) is 0 Å². The zero-order chi connectivity index (χ0) is 14.1. The van der Waals surface area contributed by atoms with Crippen molar-refractivity contribution in [3.8, 4) is 11.4 Å². The zero-order valence-electron chi connectivity index (χ0n) is 11.1. The van der Waals surface area contributed by atoms with Crippen molar-refractivity contribution in [3.63, 3.8) is 0 Å². The highest BCUT2D eigenvalue weighted by Crippen LogP contribution is 2.37. The van der Waals surface area contributed by atoms with Gasteiger partial charge in [-0.25, -0.2) is 14.6 Å². The highest BCUT2D eigenvalue weighted by molar-refractivity contribution is 7.99. The third-order valence-electron chi connectivity index (χ3n) is 3.21. The Balaban J connectivity index is 1.62. The molecule has 0 bridgehead atoms. The molecular formula is C14H12N6S. The van der Waals surface area contributed by atoms with Gasteiger partial charge in [-0.15, -0.1) is 5.10 Å². The molecule has 0 saturated heterocycles. The molecule has 0 atom stereocenters. The molecule has 0 N–H and O–H groups in total. The lowest BCUT2D eigenvalue weighted by Gasteiger charge is -2.03. The predicted molar refractivity (Wildman–Crippen MR) is 77.7 cm³/mol. The van der Waals surface area contributed by atoms with Gasteiger partial charge in [0.2, 0.25) is 5.16 Å². The van der Waals surface area contributed by atoms with Crippen molar-refractivity contribution in [1.29, 1.82) is 0 Å². The van der Waals surface area contributed by atoms with E-state index in [1.54, 1.807) is 6.20 Å². The van der Waals surface area contributed by atoms with E-state index in [1.807, 2.05) is 41.1 Å². The van der Waals surface area contributed by atoms with Crippen LogP contribution in [0.3, 0.4) is 0 Å². The van der Waals surface area contributed by atoms with Gasteiger partial charge in [-0.05, 0) is 41.1 Å². The average molecular weight is 296 g/mol. The van der Waals surface area contributed by atoms with Crippen LogP contribution >= 0.6 is 11.8 Å². The largest absolute Gasteiger partial charge is 0.237 e. The Morgan fingerprint density at radius 1 is 1.10 bits per heavy atom. The van der Waals surface area contributed by atoms with Crippen molar-refractivity contribution < 1.29 is 0 Å². The van der Waals surface area contributed by atoms with Crippen molar-refractivity contribution in [2.75, 3.05) is 0 Å². The summed E-state index contributed by atoms with van der Waals surface area (Å²) in [5, 5.41) is 13.5. The molecule has 1 aliphatic rings. The van der Waals surface area contributed by atoms with Crippen LogP contribution in [0.5, 0.6) is 0 Å². The van der Waals surface area contributed by atoms with E-state index in [2.05, 4.69) is 25.5 Å². The monoisotopic (exact) mass is 296 g/mol. The number of nitrogens with zero attached hydrogens (tertiary/aromatic N) is 6. The van der Waals surface area contributed by atoms with Gasteiger partial charge in [0.15, 0.2) is 5.82 Å². The minimum Gasteiger partial charge on any atom is -0.237 e. The summed E-state index contributed by atoms with van der Waals surface area (Å²) < 4.78 is 1.88. The van der Waals surface area contributed by atoms with Gasteiger partial charge in [0.05, 0.1) is 6.04 Å². The maximum Gasteiger partial charge on any atom is 0.215 e. The van der Waals surface area contributed by atoms with Crippen LogP contribution in [0.1, 0.15) is 18.9 Å². The van der Waals surface area contributed by atoms with E-state index in [0.29, 0.717) is 11.9 Å². The lowest BCUT2D eigenvalue weighted by molar-refractivity contribution is 0.565. The van der Waals surface area contributed by atoms with Crippen LogP contribution in [-0.4, -0.2) is 30.2 Å². The summed E-state index contributed by atoms with van der Waals surface area (Å²) in [6.45, 7) is 0. The Morgan fingerprint density at radius 3 is 2.76 bits per heavy atom. The molecule has 1 saturated carbocycles. The molecule has 0 aliphatic heterocycles. The van der Waals surface area contributed by atoms with Gasteiger partial charge in [-0.3, -0.25) is 0 Å². The van der Waals surface area contributed by atoms with E-state index in [-0.39, 0.29) is 0 Å². The molecule has 1 aliphatic carbocycles. The van der Waals surface area contributed by atoms with Crippen LogP contribution < -0.4 is 0 Å². The van der Waals surface area contributed by atoms with Gasteiger partial charge in [0, 0.05) is 11.8 Å². The van der Waals surface area contributed by atoms with Crippen LogP contribution in [0.25, 0.3) is 11.4 Å². The molecule has 2 heterocycles. The van der Waals surface area contributed by atoms with Crippen LogP contribution in [0, 0.1) is 0 Å². The van der Waals surface area contributed by atoms with E-state index < -0.39 is 0 Å². The molecule has 21 heavy (non-hydrogen) atoms. The molecule has 104 valence electrons. The maximum absolute atomic E-state index is 4.58. The SMILES string of the molecule is c1ccc(-c2nccc(Sc3nnnn3C3CC3)n2)cc1. The van der Waals surface area contributed by atoms with Crippen LogP contribution in [0.15, 0.2) is 52.8 Å². The molecule has 1 aromatic carbocycles. The second kappa shape index (κ2) is 5.25. The minimum absolute atomic E-state index is 0.456. The summed E-state index contributed by atoms with van der Waals surface area (Å²) in [6, 6.07) is 12.3. The summed E-state index contributed by atoms with van der Waals surface area (Å²) >= 11 is 1.47.